The molecule has 0 aromatic heterocycles. The smallest absolute Gasteiger partial charge is 0.193 e. The molecule has 1 aromatic carbocycles. The zero-order valence-corrected chi connectivity index (χ0v) is 17.7. The molecule has 0 unspecified atom stereocenters. The molecule has 1 aliphatic heterocycles. The summed E-state index contributed by atoms with van der Waals surface area (Å²) >= 11 is 0. The number of nitrogens with two attached hydrogens (primary N) is 1. The Labute approximate surface area is 163 Å². The summed E-state index contributed by atoms with van der Waals surface area (Å²) < 4.78 is 0. The van der Waals surface area contributed by atoms with Crippen molar-refractivity contribution in [2.24, 2.45) is 10.7 Å². The van der Waals surface area contributed by atoms with Crippen molar-refractivity contribution in [2.45, 2.75) is 32.7 Å². The van der Waals surface area contributed by atoms with Gasteiger partial charge >= 0.3 is 0 Å². The number of guanidine groups is 1. The van der Waals surface area contributed by atoms with E-state index in [2.05, 4.69) is 60.2 Å². The summed E-state index contributed by atoms with van der Waals surface area (Å²) in [5, 5.41) is 3.17. The molecule has 1 fully saturated rings. The fourth-order valence-electron chi connectivity index (χ4n) is 2.98. The molecule has 0 spiro atoms. The third-order valence-corrected chi connectivity index (χ3v) is 4.77. The number of nitrogens with zero attached hydrogens (tertiary/aromatic N) is 3. The van der Waals surface area contributed by atoms with E-state index in [1.165, 1.54) is 24.0 Å². The van der Waals surface area contributed by atoms with Crippen LogP contribution in [0.25, 0.3) is 0 Å². The van der Waals surface area contributed by atoms with E-state index in [-0.39, 0.29) is 24.0 Å². The Morgan fingerprint density at radius 2 is 1.92 bits per heavy atom. The number of rotatable bonds is 5. The molecule has 0 amide bonds. The number of hydrogen-bond donors (Lipinski definition) is 2. The van der Waals surface area contributed by atoms with Gasteiger partial charge < -0.3 is 20.9 Å². The molecule has 0 aliphatic carbocycles. The summed E-state index contributed by atoms with van der Waals surface area (Å²) in [6.07, 6.45) is 2.49. The number of piperidine rings is 1. The minimum Gasteiger partial charge on any atom is -0.370 e. The first-order valence-electron chi connectivity index (χ1n) is 8.48. The highest BCUT2D eigenvalue weighted by Gasteiger charge is 2.19. The number of aryl methyl sites for hydroxylation is 2. The number of aliphatic imine (C=N–C) groups is 1. The summed E-state index contributed by atoms with van der Waals surface area (Å²) in [6.45, 7) is 8.25. The summed E-state index contributed by atoms with van der Waals surface area (Å²) in [7, 11) is 4.34. The summed E-state index contributed by atoms with van der Waals surface area (Å²) in [6, 6.07) is 6.96. The molecule has 5 nitrogen and oxygen atoms in total. The zero-order valence-electron chi connectivity index (χ0n) is 15.4. The van der Waals surface area contributed by atoms with Crippen molar-refractivity contribution in [1.29, 1.82) is 0 Å². The molecule has 0 saturated carbocycles. The van der Waals surface area contributed by atoms with Gasteiger partial charge in [-0.2, -0.15) is 0 Å². The molecule has 1 saturated heterocycles. The van der Waals surface area contributed by atoms with Crippen LogP contribution in [0.15, 0.2) is 23.2 Å². The van der Waals surface area contributed by atoms with Crippen molar-refractivity contribution in [2.75, 3.05) is 45.6 Å². The van der Waals surface area contributed by atoms with E-state index >= 15 is 0 Å². The lowest BCUT2D eigenvalue weighted by atomic mass is 10.0. The number of hydrogen-bond acceptors (Lipinski definition) is 3. The maximum Gasteiger partial charge on any atom is 0.193 e. The second-order valence-electron chi connectivity index (χ2n) is 6.73. The Morgan fingerprint density at radius 3 is 2.50 bits per heavy atom. The van der Waals surface area contributed by atoms with E-state index in [1.54, 1.807) is 0 Å². The molecule has 1 aliphatic rings. The monoisotopic (exact) mass is 445 g/mol. The quantitative estimate of drug-likeness (QED) is 0.416. The van der Waals surface area contributed by atoms with Crippen LogP contribution in [-0.2, 0) is 0 Å². The van der Waals surface area contributed by atoms with Gasteiger partial charge in [0.1, 0.15) is 0 Å². The standard InChI is InChI=1S/C18H31N5.HI/c1-14-5-6-16(13-15(14)2)21-18(19)20-9-12-23-10-7-17(8-11-23)22(3)4;/h5-6,13,17H,7-12H2,1-4H3,(H3,19,20,21);1H. The molecule has 0 atom stereocenters. The SMILES string of the molecule is Cc1ccc(NC(N)=NCCN2CCC(N(C)C)CC2)cc1C.I. The average Bonchev–Trinajstić information content (AvgIpc) is 2.51. The van der Waals surface area contributed by atoms with Gasteiger partial charge in [-0.05, 0) is 77.1 Å². The molecular weight excluding hydrogens is 413 g/mol. The third-order valence-electron chi connectivity index (χ3n) is 4.77. The number of halogens is 1. The second-order valence-corrected chi connectivity index (χ2v) is 6.73. The Hall–Kier alpha value is -0.860. The molecule has 136 valence electrons. The number of nitrogens with one attached hydrogen (secondary N) is 1. The highest BCUT2D eigenvalue weighted by Crippen LogP contribution is 2.14. The van der Waals surface area contributed by atoms with Gasteiger partial charge in [-0.3, -0.25) is 4.99 Å². The molecule has 2 rings (SSSR count). The van der Waals surface area contributed by atoms with E-state index in [0.29, 0.717) is 5.96 Å². The fraction of sp³-hybridized carbons (Fsp3) is 0.611. The van der Waals surface area contributed by atoms with Crippen LogP contribution in [-0.4, -0.2) is 62.1 Å². The van der Waals surface area contributed by atoms with Crippen molar-refractivity contribution in [1.82, 2.24) is 9.80 Å². The molecule has 3 N–H and O–H groups in total. The van der Waals surface area contributed by atoms with Crippen molar-refractivity contribution in [3.8, 4) is 0 Å². The minimum atomic E-state index is 0. The summed E-state index contributed by atoms with van der Waals surface area (Å²) in [4.78, 5) is 9.26. The highest BCUT2D eigenvalue weighted by atomic mass is 127. The van der Waals surface area contributed by atoms with Crippen LogP contribution in [0, 0.1) is 13.8 Å². The van der Waals surface area contributed by atoms with Gasteiger partial charge in [0.15, 0.2) is 5.96 Å². The zero-order chi connectivity index (χ0) is 16.8. The van der Waals surface area contributed by atoms with Gasteiger partial charge in [0, 0.05) is 18.3 Å². The fourth-order valence-corrected chi connectivity index (χ4v) is 2.98. The van der Waals surface area contributed by atoms with Gasteiger partial charge in [-0.15, -0.1) is 24.0 Å². The average molecular weight is 445 g/mol. The van der Waals surface area contributed by atoms with Crippen LogP contribution in [0.1, 0.15) is 24.0 Å². The van der Waals surface area contributed by atoms with Crippen molar-refractivity contribution in [3.63, 3.8) is 0 Å². The molecule has 0 bridgehead atoms. The van der Waals surface area contributed by atoms with Crippen LogP contribution in [0.2, 0.25) is 0 Å². The van der Waals surface area contributed by atoms with Crippen molar-refractivity contribution in [3.05, 3.63) is 29.3 Å². The second kappa shape index (κ2) is 10.2. The lowest BCUT2D eigenvalue weighted by Crippen LogP contribution is -2.42. The number of likely N-dealkylation sites (tertiary alicyclic amines) is 1. The lowest BCUT2D eigenvalue weighted by Gasteiger charge is -2.34. The molecular formula is C18H32IN5. The van der Waals surface area contributed by atoms with Crippen molar-refractivity contribution < 1.29 is 0 Å². The normalized spacial score (nSPS) is 17.0. The van der Waals surface area contributed by atoms with Crippen molar-refractivity contribution >= 4 is 35.6 Å². The van der Waals surface area contributed by atoms with Crippen LogP contribution in [0.5, 0.6) is 0 Å². The third kappa shape index (κ3) is 6.57. The molecule has 1 heterocycles. The first kappa shape index (κ1) is 21.2. The predicted octanol–water partition coefficient (Wildman–Crippen LogP) is 2.67. The maximum absolute atomic E-state index is 5.98. The first-order chi connectivity index (χ1) is 11.0. The molecule has 1 aromatic rings. The molecule has 6 heteroatoms. The largest absolute Gasteiger partial charge is 0.370 e. The van der Waals surface area contributed by atoms with E-state index < -0.39 is 0 Å². The Bertz CT molecular complexity index is 536. The van der Waals surface area contributed by atoms with E-state index in [0.717, 1.165) is 37.9 Å². The summed E-state index contributed by atoms with van der Waals surface area (Å²) in [5.41, 5.74) is 9.53. The van der Waals surface area contributed by atoms with Gasteiger partial charge in [-0.1, -0.05) is 6.07 Å². The van der Waals surface area contributed by atoms with E-state index in [1.807, 2.05) is 6.07 Å². The van der Waals surface area contributed by atoms with Gasteiger partial charge in [0.25, 0.3) is 0 Å². The van der Waals surface area contributed by atoms with Gasteiger partial charge in [0.05, 0.1) is 6.54 Å². The maximum atomic E-state index is 5.98. The predicted molar refractivity (Wildman–Crippen MR) is 115 cm³/mol. The van der Waals surface area contributed by atoms with Crippen LogP contribution in [0.4, 0.5) is 5.69 Å². The Balaban J connectivity index is 0.00000288. The molecule has 0 radical (unpaired) electrons. The number of benzene rings is 1. The van der Waals surface area contributed by atoms with Gasteiger partial charge in [0.2, 0.25) is 0 Å². The van der Waals surface area contributed by atoms with Crippen LogP contribution >= 0.6 is 24.0 Å². The van der Waals surface area contributed by atoms with Gasteiger partial charge in [-0.25, -0.2) is 0 Å². The minimum absolute atomic E-state index is 0. The van der Waals surface area contributed by atoms with E-state index in [9.17, 15) is 0 Å². The summed E-state index contributed by atoms with van der Waals surface area (Å²) in [5.74, 6) is 0.497. The lowest BCUT2D eigenvalue weighted by molar-refractivity contribution is 0.148. The Kier molecular flexibility index (Phi) is 9.01. The molecule has 24 heavy (non-hydrogen) atoms. The van der Waals surface area contributed by atoms with Crippen LogP contribution < -0.4 is 11.1 Å². The highest BCUT2D eigenvalue weighted by molar-refractivity contribution is 14.0. The Morgan fingerprint density at radius 1 is 1.25 bits per heavy atom. The van der Waals surface area contributed by atoms with Crippen LogP contribution in [0.3, 0.4) is 0 Å². The first-order valence-corrected chi connectivity index (χ1v) is 8.48. The van der Waals surface area contributed by atoms with E-state index in [4.69, 9.17) is 5.73 Å². The number of anilines is 1. The topological polar surface area (TPSA) is 56.9 Å².